The van der Waals surface area contributed by atoms with Gasteiger partial charge in [0.15, 0.2) is 5.82 Å². The molecule has 0 spiro atoms. The summed E-state index contributed by atoms with van der Waals surface area (Å²) < 4.78 is 1.42. The zero-order chi connectivity index (χ0) is 7.56. The van der Waals surface area contributed by atoms with Gasteiger partial charge in [0.1, 0.15) is 0 Å². The Labute approximate surface area is 58.9 Å². The molecule has 0 bridgehead atoms. The van der Waals surface area contributed by atoms with Crippen molar-refractivity contribution in [1.29, 1.82) is 0 Å². The van der Waals surface area contributed by atoms with Crippen molar-refractivity contribution in [1.82, 2.24) is 14.9 Å². The van der Waals surface area contributed by atoms with Crippen molar-refractivity contribution in [3.05, 3.63) is 25.3 Å². The van der Waals surface area contributed by atoms with E-state index in [0.717, 1.165) is 0 Å². The third-order valence-electron chi connectivity index (χ3n) is 1.15. The normalized spacial score (nSPS) is 9.40. The summed E-state index contributed by atoms with van der Waals surface area (Å²) in [5.41, 5.74) is 0. The minimum absolute atomic E-state index is 0.222. The summed E-state index contributed by atoms with van der Waals surface area (Å²) >= 11 is 0. The van der Waals surface area contributed by atoms with E-state index in [9.17, 15) is 4.79 Å². The van der Waals surface area contributed by atoms with Crippen LogP contribution in [0.15, 0.2) is 12.4 Å². The highest BCUT2D eigenvalue weighted by atomic mass is 16.2. The van der Waals surface area contributed by atoms with Crippen molar-refractivity contribution < 1.29 is 4.79 Å². The molecule has 0 unspecified atom stereocenters. The number of hydrogen-bond donors (Lipinski definition) is 1. The molecular formula is C6H8N3O. The van der Waals surface area contributed by atoms with Gasteiger partial charge in [0.25, 0.3) is 5.91 Å². The minimum atomic E-state index is -0.222. The summed E-state index contributed by atoms with van der Waals surface area (Å²) in [5, 5.41) is 2.45. The number of carbonyl (C=O) groups is 1. The van der Waals surface area contributed by atoms with Crippen LogP contribution in [0.3, 0.4) is 0 Å². The van der Waals surface area contributed by atoms with Crippen LogP contribution in [0.4, 0.5) is 0 Å². The van der Waals surface area contributed by atoms with Gasteiger partial charge in [-0.25, -0.2) is 4.98 Å². The largest absolute Gasteiger partial charge is 0.352 e. The van der Waals surface area contributed by atoms with Crippen molar-refractivity contribution >= 4 is 5.91 Å². The number of hydrogen-bond acceptors (Lipinski definition) is 2. The number of rotatable bonds is 1. The summed E-state index contributed by atoms with van der Waals surface area (Å²) in [5.74, 6) is 0.0995. The average Bonchev–Trinajstić information content (AvgIpc) is 2.34. The van der Waals surface area contributed by atoms with Gasteiger partial charge in [-0.15, -0.1) is 0 Å². The second-order valence-corrected chi connectivity index (χ2v) is 1.80. The molecule has 1 aromatic heterocycles. The SMILES string of the molecule is [CH2]n1ccnc1C(=O)NC. The van der Waals surface area contributed by atoms with E-state index < -0.39 is 0 Å². The van der Waals surface area contributed by atoms with Gasteiger partial charge in [0.2, 0.25) is 0 Å². The number of carbonyl (C=O) groups excluding carboxylic acids is 1. The van der Waals surface area contributed by atoms with Crippen molar-refractivity contribution in [3.63, 3.8) is 0 Å². The maximum Gasteiger partial charge on any atom is 0.287 e. The van der Waals surface area contributed by atoms with Gasteiger partial charge < -0.3 is 9.88 Å². The first-order chi connectivity index (χ1) is 4.75. The zero-order valence-corrected chi connectivity index (χ0v) is 5.66. The number of imidazole rings is 1. The summed E-state index contributed by atoms with van der Waals surface area (Å²) in [6.45, 7) is 0. The third kappa shape index (κ3) is 1.00. The highest BCUT2D eigenvalue weighted by molar-refractivity contribution is 5.90. The van der Waals surface area contributed by atoms with Gasteiger partial charge in [0, 0.05) is 26.5 Å². The first-order valence-electron chi connectivity index (χ1n) is 2.82. The Balaban J connectivity index is 2.93. The summed E-state index contributed by atoms with van der Waals surface area (Å²) in [6.07, 6.45) is 3.14. The van der Waals surface area contributed by atoms with Crippen LogP contribution in [-0.4, -0.2) is 22.5 Å². The van der Waals surface area contributed by atoms with E-state index in [4.69, 9.17) is 0 Å². The molecule has 0 fully saturated rings. The Morgan fingerprint density at radius 1 is 1.90 bits per heavy atom. The summed E-state index contributed by atoms with van der Waals surface area (Å²) in [6, 6.07) is 0. The van der Waals surface area contributed by atoms with Gasteiger partial charge in [0.05, 0.1) is 0 Å². The maximum atomic E-state index is 10.9. The first-order valence-corrected chi connectivity index (χ1v) is 2.82. The maximum absolute atomic E-state index is 10.9. The van der Waals surface area contributed by atoms with Crippen molar-refractivity contribution in [3.8, 4) is 0 Å². The molecule has 4 heteroatoms. The number of nitrogens with one attached hydrogen (secondary N) is 1. The molecule has 0 aliphatic heterocycles. The van der Waals surface area contributed by atoms with Gasteiger partial charge >= 0.3 is 0 Å². The molecule has 0 aromatic carbocycles. The summed E-state index contributed by atoms with van der Waals surface area (Å²) in [7, 11) is 5.10. The molecular weight excluding hydrogens is 130 g/mol. The predicted octanol–water partition coefficient (Wildman–Crippen LogP) is -0.118. The smallest absolute Gasteiger partial charge is 0.287 e. The van der Waals surface area contributed by atoms with Crippen LogP contribution < -0.4 is 5.32 Å². The van der Waals surface area contributed by atoms with Crippen molar-refractivity contribution in [2.24, 2.45) is 0 Å². The van der Waals surface area contributed by atoms with Crippen LogP contribution in [0.1, 0.15) is 10.6 Å². The Morgan fingerprint density at radius 3 is 3.00 bits per heavy atom. The minimum Gasteiger partial charge on any atom is -0.352 e. The summed E-state index contributed by atoms with van der Waals surface area (Å²) in [4.78, 5) is 14.6. The second kappa shape index (κ2) is 2.51. The Morgan fingerprint density at radius 2 is 2.60 bits per heavy atom. The standard InChI is InChI=1S/C6H8N3O/c1-7-6(10)5-8-3-4-9(5)2/h3-4H,2H2,1H3,(H,7,10). The molecule has 1 radical (unpaired) electrons. The van der Waals surface area contributed by atoms with E-state index in [2.05, 4.69) is 17.3 Å². The second-order valence-electron chi connectivity index (χ2n) is 1.80. The van der Waals surface area contributed by atoms with Gasteiger partial charge in [-0.3, -0.25) is 4.79 Å². The average molecular weight is 138 g/mol. The Kier molecular flexibility index (Phi) is 1.71. The lowest BCUT2D eigenvalue weighted by molar-refractivity contribution is 0.0951. The lowest BCUT2D eigenvalue weighted by atomic mass is 10.5. The van der Waals surface area contributed by atoms with E-state index >= 15 is 0 Å². The first kappa shape index (κ1) is 6.80. The van der Waals surface area contributed by atoms with E-state index in [1.165, 1.54) is 10.8 Å². The molecule has 1 heterocycles. The molecule has 0 atom stereocenters. The lowest BCUT2D eigenvalue weighted by Gasteiger charge is -1.96. The van der Waals surface area contributed by atoms with Gasteiger partial charge in [-0.05, 0) is 0 Å². The topological polar surface area (TPSA) is 46.9 Å². The molecule has 53 valence electrons. The molecule has 1 aromatic rings. The monoisotopic (exact) mass is 138 g/mol. The van der Waals surface area contributed by atoms with E-state index in [1.807, 2.05) is 0 Å². The number of amides is 1. The quantitative estimate of drug-likeness (QED) is 0.588. The van der Waals surface area contributed by atoms with Crippen molar-refractivity contribution in [2.45, 2.75) is 0 Å². The zero-order valence-electron chi connectivity index (χ0n) is 5.66. The molecule has 4 nitrogen and oxygen atoms in total. The Hall–Kier alpha value is -1.32. The van der Waals surface area contributed by atoms with Crippen LogP contribution in [-0.2, 0) is 0 Å². The molecule has 1 rings (SSSR count). The van der Waals surface area contributed by atoms with Crippen LogP contribution in [0.5, 0.6) is 0 Å². The fourth-order valence-electron chi connectivity index (χ4n) is 0.630. The van der Waals surface area contributed by atoms with Gasteiger partial charge in [-0.1, -0.05) is 0 Å². The van der Waals surface area contributed by atoms with Crippen molar-refractivity contribution in [2.75, 3.05) is 7.05 Å². The third-order valence-corrected chi connectivity index (χ3v) is 1.15. The van der Waals surface area contributed by atoms with Crippen LogP contribution in [0, 0.1) is 7.05 Å². The molecule has 0 saturated carbocycles. The van der Waals surface area contributed by atoms with Crippen LogP contribution in [0.2, 0.25) is 0 Å². The Bertz CT molecular complexity index is 241. The number of nitrogens with zero attached hydrogens (tertiary/aromatic N) is 2. The molecule has 0 aliphatic rings. The van der Waals surface area contributed by atoms with E-state index in [1.54, 1.807) is 13.2 Å². The fraction of sp³-hybridized carbons (Fsp3) is 0.167. The molecule has 1 N–H and O–H groups in total. The lowest BCUT2D eigenvalue weighted by Crippen LogP contribution is -2.21. The number of aromatic nitrogens is 2. The highest BCUT2D eigenvalue weighted by Crippen LogP contribution is 1.92. The van der Waals surface area contributed by atoms with E-state index in [-0.39, 0.29) is 5.91 Å². The fourth-order valence-corrected chi connectivity index (χ4v) is 0.630. The molecule has 1 amide bonds. The predicted molar refractivity (Wildman–Crippen MR) is 36.4 cm³/mol. The van der Waals surface area contributed by atoms with Crippen LogP contribution >= 0.6 is 0 Å². The highest BCUT2D eigenvalue weighted by Gasteiger charge is 2.06. The molecule has 0 aliphatic carbocycles. The van der Waals surface area contributed by atoms with E-state index in [0.29, 0.717) is 5.82 Å². The molecule has 10 heavy (non-hydrogen) atoms. The van der Waals surface area contributed by atoms with Crippen LogP contribution in [0.25, 0.3) is 0 Å². The van der Waals surface area contributed by atoms with Gasteiger partial charge in [-0.2, -0.15) is 0 Å². The molecule has 0 saturated heterocycles.